The lowest BCUT2D eigenvalue weighted by molar-refractivity contribution is 0.446. The van der Waals surface area contributed by atoms with Crippen molar-refractivity contribution in [3.63, 3.8) is 0 Å². The number of aromatic hydroxyl groups is 2. The van der Waals surface area contributed by atoms with Gasteiger partial charge in [0.05, 0.1) is 0 Å². The Morgan fingerprint density at radius 3 is 1.13 bits per heavy atom. The fourth-order valence-electron chi connectivity index (χ4n) is 6.99. The minimum Gasteiger partial charge on any atom is -0.507 e. The van der Waals surface area contributed by atoms with Crippen molar-refractivity contribution in [1.82, 2.24) is 0 Å². The van der Waals surface area contributed by atoms with Crippen molar-refractivity contribution in [2.75, 3.05) is 0 Å². The van der Waals surface area contributed by atoms with Crippen LogP contribution >= 0.6 is 0 Å². The zero-order valence-electron chi connectivity index (χ0n) is 30.6. The molecule has 2 rings (SSSR count). The summed E-state index contributed by atoms with van der Waals surface area (Å²) < 4.78 is 0. The molecule has 0 heterocycles. The Balaban J connectivity index is 2.33. The highest BCUT2D eigenvalue weighted by Gasteiger charge is 2.20. The van der Waals surface area contributed by atoms with Crippen LogP contribution in [0.3, 0.4) is 0 Å². The molecule has 0 saturated carbocycles. The SMILES string of the molecule is CCCCCCCCCc1cc(Cc2cc(CCCCCCCCC)cc(C(C)CCCC)c2O)c(O)c(C(C)CCCC)c1. The zero-order chi connectivity index (χ0) is 32.9. The van der Waals surface area contributed by atoms with Crippen molar-refractivity contribution in [3.05, 3.63) is 57.6 Å². The lowest BCUT2D eigenvalue weighted by atomic mass is 9.86. The highest BCUT2D eigenvalue weighted by atomic mass is 16.3. The maximum absolute atomic E-state index is 11.7. The van der Waals surface area contributed by atoms with E-state index >= 15 is 0 Å². The second-order valence-corrected chi connectivity index (χ2v) is 14.4. The third-order valence-electron chi connectivity index (χ3n) is 10.1. The van der Waals surface area contributed by atoms with Gasteiger partial charge < -0.3 is 10.2 Å². The highest BCUT2D eigenvalue weighted by Crippen LogP contribution is 2.39. The zero-order valence-corrected chi connectivity index (χ0v) is 30.6. The van der Waals surface area contributed by atoms with Crippen LogP contribution in [0.5, 0.6) is 11.5 Å². The summed E-state index contributed by atoms with van der Waals surface area (Å²) in [5, 5.41) is 23.3. The number of hydrogen-bond acceptors (Lipinski definition) is 2. The van der Waals surface area contributed by atoms with Crippen molar-refractivity contribution in [2.24, 2.45) is 0 Å². The van der Waals surface area contributed by atoms with Crippen LogP contribution in [-0.4, -0.2) is 10.2 Å². The van der Waals surface area contributed by atoms with Crippen molar-refractivity contribution in [3.8, 4) is 11.5 Å². The molecule has 45 heavy (non-hydrogen) atoms. The molecule has 2 heteroatoms. The minimum atomic E-state index is 0.333. The van der Waals surface area contributed by atoms with Gasteiger partial charge in [0.25, 0.3) is 0 Å². The number of aryl methyl sites for hydroxylation is 2. The normalized spacial score (nSPS) is 12.9. The Morgan fingerprint density at radius 1 is 0.444 bits per heavy atom. The molecule has 0 aliphatic heterocycles. The first-order chi connectivity index (χ1) is 21.9. The number of hydrogen-bond donors (Lipinski definition) is 2. The van der Waals surface area contributed by atoms with E-state index in [1.54, 1.807) is 0 Å². The quantitative estimate of drug-likeness (QED) is 0.103. The average molecular weight is 621 g/mol. The van der Waals surface area contributed by atoms with Crippen LogP contribution in [0.25, 0.3) is 0 Å². The van der Waals surface area contributed by atoms with E-state index in [4.69, 9.17) is 0 Å². The molecule has 0 aromatic heterocycles. The molecule has 2 aromatic carbocycles. The second-order valence-electron chi connectivity index (χ2n) is 14.4. The number of rotatable bonds is 26. The molecule has 0 fully saturated rings. The molecule has 0 aliphatic rings. The fraction of sp³-hybridized carbons (Fsp3) is 0.721. The maximum Gasteiger partial charge on any atom is 0.122 e. The molecule has 2 atom stereocenters. The monoisotopic (exact) mass is 621 g/mol. The van der Waals surface area contributed by atoms with E-state index in [2.05, 4.69) is 65.8 Å². The van der Waals surface area contributed by atoms with Crippen LogP contribution in [0.1, 0.15) is 215 Å². The molecule has 0 aliphatic carbocycles. The van der Waals surface area contributed by atoms with Gasteiger partial charge in [-0.2, -0.15) is 0 Å². The van der Waals surface area contributed by atoms with Crippen LogP contribution in [0.15, 0.2) is 24.3 Å². The van der Waals surface area contributed by atoms with E-state index in [0.29, 0.717) is 29.8 Å². The van der Waals surface area contributed by atoms with E-state index in [-0.39, 0.29) is 0 Å². The summed E-state index contributed by atoms with van der Waals surface area (Å²) in [5.74, 6) is 1.58. The summed E-state index contributed by atoms with van der Waals surface area (Å²) in [7, 11) is 0. The summed E-state index contributed by atoms with van der Waals surface area (Å²) >= 11 is 0. The first-order valence-corrected chi connectivity index (χ1v) is 19.5. The van der Waals surface area contributed by atoms with Gasteiger partial charge in [-0.05, 0) is 83.7 Å². The Kier molecular flexibility index (Phi) is 20.4. The van der Waals surface area contributed by atoms with Crippen molar-refractivity contribution < 1.29 is 10.2 Å². The predicted molar refractivity (Wildman–Crippen MR) is 198 cm³/mol. The van der Waals surface area contributed by atoms with E-state index in [9.17, 15) is 10.2 Å². The Labute approximate surface area is 279 Å². The van der Waals surface area contributed by atoms with Gasteiger partial charge in [0.1, 0.15) is 11.5 Å². The average Bonchev–Trinajstić information content (AvgIpc) is 3.04. The summed E-state index contributed by atoms with van der Waals surface area (Å²) in [5.41, 5.74) is 6.90. The summed E-state index contributed by atoms with van der Waals surface area (Å²) in [6.45, 7) is 13.6. The molecule has 2 unspecified atom stereocenters. The lowest BCUT2D eigenvalue weighted by Crippen LogP contribution is -2.04. The summed E-state index contributed by atoms with van der Waals surface area (Å²) in [6.07, 6.45) is 28.0. The molecular formula is C43H72O2. The number of phenols is 2. The van der Waals surface area contributed by atoms with Crippen LogP contribution in [-0.2, 0) is 19.3 Å². The lowest BCUT2D eigenvalue weighted by Gasteiger charge is -2.21. The number of unbranched alkanes of at least 4 members (excludes halogenated alkanes) is 14. The summed E-state index contributed by atoms with van der Waals surface area (Å²) in [6, 6.07) is 9.10. The second kappa shape index (κ2) is 23.4. The topological polar surface area (TPSA) is 40.5 Å². The summed E-state index contributed by atoms with van der Waals surface area (Å²) in [4.78, 5) is 0. The van der Waals surface area contributed by atoms with Crippen LogP contribution in [0, 0.1) is 0 Å². The molecular weight excluding hydrogens is 548 g/mol. The van der Waals surface area contributed by atoms with Crippen LogP contribution in [0.4, 0.5) is 0 Å². The smallest absolute Gasteiger partial charge is 0.122 e. The Bertz CT molecular complexity index is 971. The first-order valence-electron chi connectivity index (χ1n) is 19.5. The van der Waals surface area contributed by atoms with Gasteiger partial charge in [-0.15, -0.1) is 0 Å². The Morgan fingerprint density at radius 2 is 0.778 bits per heavy atom. The molecule has 2 aromatic rings. The fourth-order valence-corrected chi connectivity index (χ4v) is 6.99. The van der Waals surface area contributed by atoms with Gasteiger partial charge >= 0.3 is 0 Å². The van der Waals surface area contributed by atoms with Crippen LogP contribution in [0.2, 0.25) is 0 Å². The number of phenolic OH excluding ortho intramolecular Hbond substituents is 2. The van der Waals surface area contributed by atoms with E-state index in [1.165, 1.54) is 127 Å². The van der Waals surface area contributed by atoms with Gasteiger partial charge in [-0.3, -0.25) is 0 Å². The van der Waals surface area contributed by atoms with Gasteiger partial charge in [0.2, 0.25) is 0 Å². The van der Waals surface area contributed by atoms with E-state index in [1.807, 2.05) is 0 Å². The minimum absolute atomic E-state index is 0.333. The Hall–Kier alpha value is -1.96. The standard InChI is InChI=1S/C43H72O2/c1-7-11-15-17-19-21-23-27-36-29-38(42(44)40(31-36)34(5)25-13-9-3)33-39-30-37(28-24-22-20-18-16-12-8-2)32-41(43(39)45)35(6)26-14-10-4/h29-32,34-35,44-45H,7-28,33H2,1-6H3. The molecule has 2 N–H and O–H groups in total. The molecule has 256 valence electrons. The van der Waals surface area contributed by atoms with Gasteiger partial charge in [-0.1, -0.05) is 169 Å². The van der Waals surface area contributed by atoms with Crippen LogP contribution < -0.4 is 0 Å². The van der Waals surface area contributed by atoms with Gasteiger partial charge in [0, 0.05) is 6.42 Å². The van der Waals surface area contributed by atoms with Crippen molar-refractivity contribution in [2.45, 2.75) is 201 Å². The predicted octanol–water partition coefficient (Wildman–Crippen LogP) is 13.9. The molecule has 0 bridgehead atoms. The third-order valence-corrected chi connectivity index (χ3v) is 10.1. The molecule has 0 radical (unpaired) electrons. The van der Waals surface area contributed by atoms with Crippen molar-refractivity contribution >= 4 is 0 Å². The van der Waals surface area contributed by atoms with Gasteiger partial charge in [-0.25, -0.2) is 0 Å². The van der Waals surface area contributed by atoms with Crippen molar-refractivity contribution in [1.29, 1.82) is 0 Å². The molecule has 0 amide bonds. The van der Waals surface area contributed by atoms with Gasteiger partial charge in [0.15, 0.2) is 0 Å². The highest BCUT2D eigenvalue weighted by molar-refractivity contribution is 5.52. The van der Waals surface area contributed by atoms with E-state index < -0.39 is 0 Å². The molecule has 2 nitrogen and oxygen atoms in total. The van der Waals surface area contributed by atoms with E-state index in [0.717, 1.165) is 47.9 Å². The molecule has 0 saturated heterocycles. The first kappa shape index (κ1) is 39.2. The molecule has 0 spiro atoms. The largest absolute Gasteiger partial charge is 0.507 e. The number of benzene rings is 2. The maximum atomic E-state index is 11.7. The third kappa shape index (κ3) is 14.6.